The zero-order valence-electron chi connectivity index (χ0n) is 6.36. The van der Waals surface area contributed by atoms with Gasteiger partial charge in [0, 0.05) is 5.88 Å². The normalized spacial score (nSPS) is 44.2. The molecule has 0 radical (unpaired) electrons. The zero-order chi connectivity index (χ0) is 7.19. The van der Waals surface area contributed by atoms with Crippen molar-refractivity contribution in [2.24, 2.45) is 11.3 Å². The third kappa shape index (κ3) is 0.687. The third-order valence-electron chi connectivity index (χ3n) is 3.28. The highest BCUT2D eigenvalue weighted by molar-refractivity contribution is 6.19. The van der Waals surface area contributed by atoms with Crippen LogP contribution in [0.25, 0.3) is 0 Å². The number of hydrogen-bond acceptors (Lipinski definition) is 0. The van der Waals surface area contributed by atoms with Crippen molar-refractivity contribution in [3.63, 3.8) is 0 Å². The molecule has 0 N–H and O–H groups in total. The van der Waals surface area contributed by atoms with Gasteiger partial charge in [-0.05, 0) is 30.6 Å². The van der Waals surface area contributed by atoms with Gasteiger partial charge in [0.1, 0.15) is 0 Å². The molecule has 2 aliphatic rings. The summed E-state index contributed by atoms with van der Waals surface area (Å²) in [5.74, 6) is 1.62. The van der Waals surface area contributed by atoms with Crippen LogP contribution < -0.4 is 0 Å². The Morgan fingerprint density at radius 1 is 1.80 bits per heavy atom. The van der Waals surface area contributed by atoms with Crippen molar-refractivity contribution in [1.29, 1.82) is 0 Å². The second-order valence-corrected chi connectivity index (χ2v) is 4.13. The third-order valence-corrected chi connectivity index (χ3v) is 3.59. The summed E-state index contributed by atoms with van der Waals surface area (Å²) in [6, 6.07) is 0. The Morgan fingerprint density at radius 3 is 2.90 bits per heavy atom. The van der Waals surface area contributed by atoms with Crippen molar-refractivity contribution in [3.8, 4) is 0 Å². The summed E-state index contributed by atoms with van der Waals surface area (Å²) in [5, 5.41) is 0. The molecule has 0 aromatic carbocycles. The number of hydrogen-bond donors (Lipinski definition) is 0. The van der Waals surface area contributed by atoms with E-state index in [1.165, 1.54) is 24.8 Å². The molecule has 56 valence electrons. The molecule has 1 heteroatoms. The maximum Gasteiger partial charge on any atom is 0.0436 e. The first-order valence-corrected chi connectivity index (χ1v) is 4.54. The molecule has 0 bridgehead atoms. The standard InChI is InChI=1S/C9H13Cl/c1-9-4-2-7(6-10)8(9)3-5-9/h2,8H,3-6H2,1H3. The minimum atomic E-state index is 0.629. The summed E-state index contributed by atoms with van der Waals surface area (Å²) < 4.78 is 0. The van der Waals surface area contributed by atoms with Gasteiger partial charge < -0.3 is 0 Å². The maximum atomic E-state index is 5.80. The Hall–Kier alpha value is 0.0300. The highest BCUT2D eigenvalue weighted by Gasteiger charge is 2.46. The van der Waals surface area contributed by atoms with Crippen molar-refractivity contribution in [2.75, 3.05) is 5.88 Å². The molecule has 0 aromatic heterocycles. The van der Waals surface area contributed by atoms with Crippen LogP contribution in [0.3, 0.4) is 0 Å². The van der Waals surface area contributed by atoms with Crippen LogP contribution in [0.5, 0.6) is 0 Å². The Balaban J connectivity index is 2.16. The SMILES string of the molecule is CC12CC=C(CCl)C1CC2. The molecule has 0 nitrogen and oxygen atoms in total. The van der Waals surface area contributed by atoms with Gasteiger partial charge in [-0.25, -0.2) is 0 Å². The molecule has 2 unspecified atom stereocenters. The quantitative estimate of drug-likeness (QED) is 0.405. The lowest BCUT2D eigenvalue weighted by molar-refractivity contribution is 0.102. The topological polar surface area (TPSA) is 0 Å². The molecule has 1 saturated carbocycles. The molecule has 0 amide bonds. The maximum absolute atomic E-state index is 5.80. The van der Waals surface area contributed by atoms with Gasteiger partial charge in [-0.1, -0.05) is 18.6 Å². The lowest BCUT2D eigenvalue weighted by Crippen LogP contribution is -2.34. The van der Waals surface area contributed by atoms with Crippen molar-refractivity contribution in [2.45, 2.75) is 26.2 Å². The molecular formula is C9H13Cl. The Labute approximate surface area is 67.3 Å². The predicted molar refractivity (Wildman–Crippen MR) is 44.3 cm³/mol. The summed E-state index contributed by atoms with van der Waals surface area (Å²) in [6.07, 6.45) is 6.42. The van der Waals surface area contributed by atoms with E-state index < -0.39 is 0 Å². The second kappa shape index (κ2) is 2.01. The van der Waals surface area contributed by atoms with Crippen molar-refractivity contribution in [3.05, 3.63) is 11.6 Å². The predicted octanol–water partition coefficient (Wildman–Crippen LogP) is 2.97. The lowest BCUT2D eigenvalue weighted by Gasteiger charge is -2.43. The van der Waals surface area contributed by atoms with E-state index in [9.17, 15) is 0 Å². The van der Waals surface area contributed by atoms with E-state index in [0.29, 0.717) is 5.41 Å². The highest BCUT2D eigenvalue weighted by Crippen LogP contribution is 2.56. The average molecular weight is 157 g/mol. The van der Waals surface area contributed by atoms with E-state index in [4.69, 9.17) is 11.6 Å². The summed E-state index contributed by atoms with van der Waals surface area (Å²) in [6.45, 7) is 2.39. The van der Waals surface area contributed by atoms with E-state index in [1.807, 2.05) is 0 Å². The monoisotopic (exact) mass is 156 g/mol. The fourth-order valence-corrected chi connectivity index (χ4v) is 2.61. The first kappa shape index (κ1) is 6.72. The van der Waals surface area contributed by atoms with E-state index in [-0.39, 0.29) is 0 Å². The van der Waals surface area contributed by atoms with E-state index in [2.05, 4.69) is 13.0 Å². The van der Waals surface area contributed by atoms with Gasteiger partial charge >= 0.3 is 0 Å². The van der Waals surface area contributed by atoms with E-state index in [1.54, 1.807) is 0 Å². The Bertz CT molecular complexity index is 183. The first-order valence-electron chi connectivity index (χ1n) is 4.01. The van der Waals surface area contributed by atoms with Crippen LogP contribution in [0, 0.1) is 11.3 Å². The van der Waals surface area contributed by atoms with Gasteiger partial charge in [-0.3, -0.25) is 0 Å². The largest absolute Gasteiger partial charge is 0.122 e. The molecule has 10 heavy (non-hydrogen) atoms. The molecule has 0 aromatic rings. The highest BCUT2D eigenvalue weighted by atomic mass is 35.5. The molecular weight excluding hydrogens is 144 g/mol. The fraction of sp³-hybridized carbons (Fsp3) is 0.778. The van der Waals surface area contributed by atoms with Crippen LogP contribution in [-0.4, -0.2) is 5.88 Å². The van der Waals surface area contributed by atoms with Crippen LogP contribution in [0.4, 0.5) is 0 Å². The van der Waals surface area contributed by atoms with Crippen molar-refractivity contribution >= 4 is 11.6 Å². The van der Waals surface area contributed by atoms with Crippen LogP contribution in [-0.2, 0) is 0 Å². The molecule has 0 spiro atoms. The lowest BCUT2D eigenvalue weighted by atomic mass is 9.61. The first-order chi connectivity index (χ1) is 4.76. The number of allylic oxidation sites excluding steroid dienone is 2. The number of fused-ring (bicyclic) bond motifs is 1. The van der Waals surface area contributed by atoms with Crippen molar-refractivity contribution < 1.29 is 0 Å². The van der Waals surface area contributed by atoms with Crippen molar-refractivity contribution in [1.82, 2.24) is 0 Å². The average Bonchev–Trinajstić information content (AvgIpc) is 2.12. The van der Waals surface area contributed by atoms with Crippen LogP contribution in [0.15, 0.2) is 11.6 Å². The van der Waals surface area contributed by atoms with E-state index in [0.717, 1.165) is 11.8 Å². The summed E-state index contributed by atoms with van der Waals surface area (Å²) in [5.41, 5.74) is 2.14. The Kier molecular flexibility index (Phi) is 1.35. The van der Waals surface area contributed by atoms with Gasteiger partial charge in [-0.15, -0.1) is 11.6 Å². The van der Waals surface area contributed by atoms with Gasteiger partial charge in [0.15, 0.2) is 0 Å². The summed E-state index contributed by atoms with van der Waals surface area (Å²) >= 11 is 5.80. The summed E-state index contributed by atoms with van der Waals surface area (Å²) in [7, 11) is 0. The number of alkyl halides is 1. The van der Waals surface area contributed by atoms with Gasteiger partial charge in [0.25, 0.3) is 0 Å². The number of rotatable bonds is 1. The Morgan fingerprint density at radius 2 is 2.60 bits per heavy atom. The van der Waals surface area contributed by atoms with Crippen LogP contribution in [0.2, 0.25) is 0 Å². The molecule has 2 aliphatic carbocycles. The van der Waals surface area contributed by atoms with Gasteiger partial charge in [0.2, 0.25) is 0 Å². The molecule has 2 rings (SSSR count). The van der Waals surface area contributed by atoms with Gasteiger partial charge in [0.05, 0.1) is 0 Å². The van der Waals surface area contributed by atoms with Crippen LogP contribution in [0.1, 0.15) is 26.2 Å². The molecule has 0 heterocycles. The fourth-order valence-electron chi connectivity index (χ4n) is 2.31. The minimum Gasteiger partial charge on any atom is -0.122 e. The molecule has 0 aliphatic heterocycles. The second-order valence-electron chi connectivity index (χ2n) is 3.86. The number of halogens is 1. The summed E-state index contributed by atoms with van der Waals surface area (Å²) in [4.78, 5) is 0. The molecule has 0 saturated heterocycles. The van der Waals surface area contributed by atoms with Gasteiger partial charge in [-0.2, -0.15) is 0 Å². The molecule has 1 fully saturated rings. The van der Waals surface area contributed by atoms with E-state index >= 15 is 0 Å². The minimum absolute atomic E-state index is 0.629. The molecule has 2 atom stereocenters. The smallest absolute Gasteiger partial charge is 0.0436 e. The van der Waals surface area contributed by atoms with Crippen LogP contribution >= 0.6 is 11.6 Å². The zero-order valence-corrected chi connectivity index (χ0v) is 7.12.